The topological polar surface area (TPSA) is 64.1 Å². The number of aliphatic hydroxyl groups is 1. The summed E-state index contributed by atoms with van der Waals surface area (Å²) in [5, 5.41) is 15.5. The van der Waals surface area contributed by atoms with Crippen molar-refractivity contribution in [2.45, 2.75) is 53.2 Å². The lowest BCUT2D eigenvalue weighted by Gasteiger charge is -2.25. The van der Waals surface area contributed by atoms with Gasteiger partial charge in [-0.3, -0.25) is 4.68 Å². The van der Waals surface area contributed by atoms with E-state index in [-0.39, 0.29) is 5.92 Å². The molecule has 0 aliphatic carbocycles. The van der Waals surface area contributed by atoms with E-state index < -0.39 is 6.10 Å². The minimum atomic E-state index is -0.478. The van der Waals surface area contributed by atoms with E-state index in [1.54, 1.807) is 0 Å². The summed E-state index contributed by atoms with van der Waals surface area (Å²) in [5.74, 6) is 0.434. The molecule has 110 valence electrons. The summed E-state index contributed by atoms with van der Waals surface area (Å²) in [5.41, 5.74) is 7.58. The van der Waals surface area contributed by atoms with Crippen LogP contribution >= 0.6 is 11.6 Å². The van der Waals surface area contributed by atoms with Crippen LogP contribution in [0, 0.1) is 11.8 Å². The molecule has 0 spiro atoms. The smallest absolute Gasteiger partial charge is 0.0850 e. The standard InChI is InChI=1S/C14H26ClN3O/c1-5-11-14(15)12(18(6-2)17-11)7-13(19)10(8-16)9(3)4/h9-10,13,19H,5-8,16H2,1-4H3. The van der Waals surface area contributed by atoms with Crippen LogP contribution in [0.4, 0.5) is 0 Å². The Morgan fingerprint density at radius 2 is 2.00 bits per heavy atom. The highest BCUT2D eigenvalue weighted by Crippen LogP contribution is 2.25. The minimum Gasteiger partial charge on any atom is -0.392 e. The van der Waals surface area contributed by atoms with Crippen LogP contribution in [-0.2, 0) is 19.4 Å². The number of nitrogens with two attached hydrogens (primary N) is 1. The number of aromatic nitrogens is 2. The van der Waals surface area contributed by atoms with E-state index in [0.29, 0.717) is 23.9 Å². The number of nitrogens with zero attached hydrogens (tertiary/aromatic N) is 2. The maximum Gasteiger partial charge on any atom is 0.0850 e. The molecule has 0 amide bonds. The van der Waals surface area contributed by atoms with Gasteiger partial charge >= 0.3 is 0 Å². The van der Waals surface area contributed by atoms with E-state index in [0.717, 1.165) is 24.4 Å². The Morgan fingerprint density at radius 1 is 1.37 bits per heavy atom. The molecule has 1 rings (SSSR count). The van der Waals surface area contributed by atoms with Gasteiger partial charge in [0.25, 0.3) is 0 Å². The molecule has 0 bridgehead atoms. The van der Waals surface area contributed by atoms with Gasteiger partial charge in [0.2, 0.25) is 0 Å². The summed E-state index contributed by atoms with van der Waals surface area (Å²) in [4.78, 5) is 0. The number of hydrogen-bond donors (Lipinski definition) is 2. The molecule has 1 heterocycles. The second kappa shape index (κ2) is 7.27. The predicted octanol–water partition coefficient (Wildman–Crippen LogP) is 2.25. The Morgan fingerprint density at radius 3 is 2.42 bits per heavy atom. The minimum absolute atomic E-state index is 0.0846. The van der Waals surface area contributed by atoms with Crippen LogP contribution in [0.15, 0.2) is 0 Å². The monoisotopic (exact) mass is 287 g/mol. The van der Waals surface area contributed by atoms with E-state index >= 15 is 0 Å². The van der Waals surface area contributed by atoms with Gasteiger partial charge < -0.3 is 10.8 Å². The maximum atomic E-state index is 10.4. The van der Waals surface area contributed by atoms with E-state index in [9.17, 15) is 5.11 Å². The van der Waals surface area contributed by atoms with Crippen molar-refractivity contribution in [3.8, 4) is 0 Å². The quantitative estimate of drug-likeness (QED) is 0.808. The van der Waals surface area contributed by atoms with E-state index in [2.05, 4.69) is 18.9 Å². The lowest BCUT2D eigenvalue weighted by atomic mass is 9.88. The highest BCUT2D eigenvalue weighted by atomic mass is 35.5. The molecule has 0 aliphatic rings. The van der Waals surface area contributed by atoms with Crippen molar-refractivity contribution in [1.82, 2.24) is 9.78 Å². The van der Waals surface area contributed by atoms with Gasteiger partial charge in [-0.25, -0.2) is 0 Å². The molecule has 0 aliphatic heterocycles. The summed E-state index contributed by atoms with van der Waals surface area (Å²) in [6, 6.07) is 0. The molecule has 4 nitrogen and oxygen atoms in total. The summed E-state index contributed by atoms with van der Waals surface area (Å²) < 4.78 is 1.89. The third kappa shape index (κ3) is 3.71. The Bertz CT molecular complexity index is 404. The van der Waals surface area contributed by atoms with Gasteiger partial charge in [0.15, 0.2) is 0 Å². The molecule has 0 aromatic carbocycles. The van der Waals surface area contributed by atoms with Crippen LogP contribution in [0.2, 0.25) is 5.02 Å². The molecule has 3 N–H and O–H groups in total. The summed E-state index contributed by atoms with van der Waals surface area (Å²) in [7, 11) is 0. The third-order valence-corrected chi connectivity index (χ3v) is 4.16. The SMILES string of the molecule is CCc1nn(CC)c(CC(O)C(CN)C(C)C)c1Cl. The number of rotatable bonds is 7. The average Bonchev–Trinajstić information content (AvgIpc) is 2.66. The molecular formula is C14H26ClN3O. The predicted molar refractivity (Wildman–Crippen MR) is 79.4 cm³/mol. The van der Waals surface area contributed by atoms with E-state index in [4.69, 9.17) is 17.3 Å². The second-order valence-electron chi connectivity index (χ2n) is 5.29. The van der Waals surface area contributed by atoms with Crippen LogP contribution < -0.4 is 5.73 Å². The lowest BCUT2D eigenvalue weighted by Crippen LogP contribution is -2.34. The average molecular weight is 288 g/mol. The van der Waals surface area contributed by atoms with Gasteiger partial charge in [-0.15, -0.1) is 0 Å². The molecule has 19 heavy (non-hydrogen) atoms. The fourth-order valence-corrected chi connectivity index (χ4v) is 2.78. The molecule has 2 unspecified atom stereocenters. The van der Waals surface area contributed by atoms with Gasteiger partial charge in [0.1, 0.15) is 0 Å². The van der Waals surface area contributed by atoms with E-state index in [1.807, 2.05) is 18.5 Å². The summed E-state index contributed by atoms with van der Waals surface area (Å²) in [6.07, 6.45) is 0.841. The van der Waals surface area contributed by atoms with Crippen LogP contribution in [0.1, 0.15) is 39.1 Å². The molecule has 0 saturated carbocycles. The number of aryl methyl sites for hydroxylation is 2. The van der Waals surface area contributed by atoms with Crippen LogP contribution in [0.3, 0.4) is 0 Å². The number of hydrogen-bond acceptors (Lipinski definition) is 3. The zero-order chi connectivity index (χ0) is 14.6. The van der Waals surface area contributed by atoms with Gasteiger partial charge in [0, 0.05) is 13.0 Å². The normalized spacial score (nSPS) is 14.9. The highest BCUT2D eigenvalue weighted by Gasteiger charge is 2.25. The van der Waals surface area contributed by atoms with Crippen molar-refractivity contribution in [2.24, 2.45) is 17.6 Å². The van der Waals surface area contributed by atoms with Crippen molar-refractivity contribution in [1.29, 1.82) is 0 Å². The van der Waals surface area contributed by atoms with Crippen molar-refractivity contribution in [3.05, 3.63) is 16.4 Å². The van der Waals surface area contributed by atoms with Crippen molar-refractivity contribution >= 4 is 11.6 Å². The fourth-order valence-electron chi connectivity index (χ4n) is 2.44. The first-order valence-electron chi connectivity index (χ1n) is 7.08. The molecule has 5 heteroatoms. The first-order valence-corrected chi connectivity index (χ1v) is 7.46. The molecular weight excluding hydrogens is 262 g/mol. The molecule has 1 aromatic rings. The fraction of sp³-hybridized carbons (Fsp3) is 0.786. The van der Waals surface area contributed by atoms with Gasteiger partial charge in [-0.1, -0.05) is 32.4 Å². The molecule has 0 radical (unpaired) electrons. The maximum absolute atomic E-state index is 10.4. The number of aliphatic hydroxyl groups excluding tert-OH is 1. The number of halogens is 1. The Labute approximate surface area is 120 Å². The van der Waals surface area contributed by atoms with Gasteiger partial charge in [-0.2, -0.15) is 5.10 Å². The molecule has 2 atom stereocenters. The molecule has 1 aromatic heterocycles. The largest absolute Gasteiger partial charge is 0.392 e. The second-order valence-corrected chi connectivity index (χ2v) is 5.67. The first kappa shape index (κ1) is 16.5. The lowest BCUT2D eigenvalue weighted by molar-refractivity contribution is 0.0845. The van der Waals surface area contributed by atoms with Crippen molar-refractivity contribution in [3.63, 3.8) is 0 Å². The third-order valence-electron chi connectivity index (χ3n) is 3.72. The van der Waals surface area contributed by atoms with Crippen molar-refractivity contribution in [2.75, 3.05) is 6.54 Å². The van der Waals surface area contributed by atoms with Crippen molar-refractivity contribution < 1.29 is 5.11 Å². The van der Waals surface area contributed by atoms with Gasteiger partial charge in [-0.05, 0) is 31.7 Å². The van der Waals surface area contributed by atoms with Crippen LogP contribution in [-0.4, -0.2) is 27.5 Å². The zero-order valence-electron chi connectivity index (χ0n) is 12.4. The summed E-state index contributed by atoms with van der Waals surface area (Å²) in [6.45, 7) is 9.47. The Hall–Kier alpha value is -0.580. The summed E-state index contributed by atoms with van der Waals surface area (Å²) >= 11 is 6.35. The Kier molecular flexibility index (Phi) is 6.30. The molecule has 0 saturated heterocycles. The van der Waals surface area contributed by atoms with Gasteiger partial charge in [0.05, 0.1) is 22.5 Å². The molecule has 0 fully saturated rings. The first-order chi connectivity index (χ1) is 8.96. The van der Waals surface area contributed by atoms with Crippen LogP contribution in [0.5, 0.6) is 0 Å². The van der Waals surface area contributed by atoms with Crippen LogP contribution in [0.25, 0.3) is 0 Å². The highest BCUT2D eigenvalue weighted by molar-refractivity contribution is 6.31. The van der Waals surface area contributed by atoms with E-state index in [1.165, 1.54) is 0 Å². The Balaban J connectivity index is 2.95. The zero-order valence-corrected chi connectivity index (χ0v) is 13.1.